The molecule has 2 amide bonds. The topological polar surface area (TPSA) is 83.3 Å². The van der Waals surface area contributed by atoms with Crippen molar-refractivity contribution in [1.82, 2.24) is 19.9 Å². The van der Waals surface area contributed by atoms with Gasteiger partial charge in [0, 0.05) is 37.2 Å². The standard InChI is InChI=1S/C18H19N5O2S/c24-11-14-9-22(10-17(14)13-5-8-26-12-13)18(25)20-15-1-3-16(4-2-15)23-7-6-19-21-23/h1-8,12,14,17,24H,9-11H2,(H,20,25)/t14-,17-/m0/s1. The van der Waals surface area contributed by atoms with Crippen LogP contribution in [-0.4, -0.2) is 50.7 Å². The molecule has 26 heavy (non-hydrogen) atoms. The van der Waals surface area contributed by atoms with Gasteiger partial charge in [0.25, 0.3) is 0 Å². The summed E-state index contributed by atoms with van der Waals surface area (Å²) >= 11 is 1.64. The smallest absolute Gasteiger partial charge is 0.321 e. The lowest BCUT2D eigenvalue weighted by atomic mass is 9.92. The Hall–Kier alpha value is -2.71. The molecule has 4 rings (SSSR count). The summed E-state index contributed by atoms with van der Waals surface area (Å²) in [6, 6.07) is 9.35. The second-order valence-electron chi connectivity index (χ2n) is 6.34. The monoisotopic (exact) mass is 369 g/mol. The number of carbonyl (C=O) groups excluding carboxylic acids is 1. The lowest BCUT2D eigenvalue weighted by Crippen LogP contribution is -2.33. The quantitative estimate of drug-likeness (QED) is 0.740. The highest BCUT2D eigenvalue weighted by Gasteiger charge is 2.35. The Balaban J connectivity index is 1.42. The fourth-order valence-electron chi connectivity index (χ4n) is 3.33. The third-order valence-electron chi connectivity index (χ3n) is 4.74. The Morgan fingerprint density at radius 1 is 1.27 bits per heavy atom. The van der Waals surface area contributed by atoms with Gasteiger partial charge in [-0.1, -0.05) is 5.21 Å². The maximum absolute atomic E-state index is 12.6. The Bertz CT molecular complexity index is 848. The first-order valence-corrected chi connectivity index (χ1v) is 9.34. The maximum Gasteiger partial charge on any atom is 0.321 e. The van der Waals surface area contributed by atoms with Crippen LogP contribution in [0.4, 0.5) is 10.5 Å². The fourth-order valence-corrected chi connectivity index (χ4v) is 4.06. The van der Waals surface area contributed by atoms with Gasteiger partial charge in [0.1, 0.15) is 0 Å². The molecule has 134 valence electrons. The molecule has 8 heteroatoms. The molecule has 2 N–H and O–H groups in total. The summed E-state index contributed by atoms with van der Waals surface area (Å²) in [6.07, 6.45) is 3.38. The first kappa shape index (κ1) is 16.7. The van der Waals surface area contributed by atoms with Crippen LogP contribution in [0.2, 0.25) is 0 Å². The SMILES string of the molecule is O=C(Nc1ccc(-n2ccnn2)cc1)N1C[C@@H](CO)[C@H](c2ccsc2)C1. The number of carbonyl (C=O) groups is 1. The van der Waals surface area contributed by atoms with Gasteiger partial charge in [-0.15, -0.1) is 5.10 Å². The number of likely N-dealkylation sites (tertiary alicyclic amines) is 1. The molecule has 3 aromatic rings. The summed E-state index contributed by atoms with van der Waals surface area (Å²) < 4.78 is 1.66. The van der Waals surface area contributed by atoms with Crippen LogP contribution in [0.15, 0.2) is 53.5 Å². The number of amides is 2. The minimum atomic E-state index is -0.144. The lowest BCUT2D eigenvalue weighted by molar-refractivity contribution is 0.207. The third-order valence-corrected chi connectivity index (χ3v) is 5.44. The van der Waals surface area contributed by atoms with Crippen molar-refractivity contribution >= 4 is 23.1 Å². The first-order chi connectivity index (χ1) is 12.7. The molecule has 2 atom stereocenters. The van der Waals surface area contributed by atoms with Gasteiger partial charge < -0.3 is 15.3 Å². The fraction of sp³-hybridized carbons (Fsp3) is 0.278. The second kappa shape index (κ2) is 7.27. The molecule has 0 bridgehead atoms. The van der Waals surface area contributed by atoms with Gasteiger partial charge >= 0.3 is 6.03 Å². The number of hydrogen-bond acceptors (Lipinski definition) is 5. The van der Waals surface area contributed by atoms with Crippen LogP contribution >= 0.6 is 11.3 Å². The Morgan fingerprint density at radius 3 is 2.77 bits per heavy atom. The summed E-state index contributed by atoms with van der Waals surface area (Å²) in [6.45, 7) is 1.25. The third kappa shape index (κ3) is 3.33. The number of nitrogens with one attached hydrogen (secondary N) is 1. The second-order valence-corrected chi connectivity index (χ2v) is 7.12. The molecule has 0 spiro atoms. The van der Waals surface area contributed by atoms with Crippen LogP contribution in [-0.2, 0) is 0 Å². The zero-order valence-electron chi connectivity index (χ0n) is 14.0. The van der Waals surface area contributed by atoms with Gasteiger partial charge in [0.2, 0.25) is 0 Å². The van der Waals surface area contributed by atoms with Gasteiger partial charge in [-0.05, 0) is 46.7 Å². The van der Waals surface area contributed by atoms with Crippen LogP contribution in [0, 0.1) is 5.92 Å². The van der Waals surface area contributed by atoms with E-state index >= 15 is 0 Å². The highest BCUT2D eigenvalue weighted by Crippen LogP contribution is 2.33. The zero-order chi connectivity index (χ0) is 17.9. The van der Waals surface area contributed by atoms with Crippen molar-refractivity contribution in [3.05, 3.63) is 59.0 Å². The first-order valence-electron chi connectivity index (χ1n) is 8.40. The number of hydrogen-bond donors (Lipinski definition) is 2. The number of aromatic nitrogens is 3. The van der Waals surface area contributed by atoms with E-state index in [4.69, 9.17) is 0 Å². The van der Waals surface area contributed by atoms with Gasteiger partial charge in [-0.3, -0.25) is 0 Å². The molecular formula is C18H19N5O2S. The van der Waals surface area contributed by atoms with E-state index in [0.29, 0.717) is 13.1 Å². The number of benzene rings is 1. The van der Waals surface area contributed by atoms with Crippen molar-refractivity contribution < 1.29 is 9.90 Å². The number of nitrogens with zero attached hydrogens (tertiary/aromatic N) is 4. The van der Waals surface area contributed by atoms with E-state index in [1.165, 1.54) is 5.56 Å². The highest BCUT2D eigenvalue weighted by molar-refractivity contribution is 7.08. The highest BCUT2D eigenvalue weighted by atomic mass is 32.1. The van der Waals surface area contributed by atoms with Crippen molar-refractivity contribution in [2.45, 2.75) is 5.92 Å². The lowest BCUT2D eigenvalue weighted by Gasteiger charge is -2.17. The molecule has 1 aromatic carbocycles. The summed E-state index contributed by atoms with van der Waals surface area (Å²) in [4.78, 5) is 14.4. The van der Waals surface area contributed by atoms with Crippen molar-refractivity contribution in [3.63, 3.8) is 0 Å². The summed E-state index contributed by atoms with van der Waals surface area (Å²) in [5, 5.41) is 24.5. The Labute approximate surface area is 154 Å². The molecule has 7 nitrogen and oxygen atoms in total. The largest absolute Gasteiger partial charge is 0.396 e. The van der Waals surface area contributed by atoms with Gasteiger partial charge in [-0.25, -0.2) is 9.48 Å². The summed E-state index contributed by atoms with van der Waals surface area (Å²) in [7, 11) is 0. The van der Waals surface area contributed by atoms with Crippen molar-refractivity contribution in [1.29, 1.82) is 0 Å². The predicted octanol–water partition coefficient (Wildman–Crippen LogP) is 2.57. The number of urea groups is 1. The van der Waals surface area contributed by atoms with Crippen molar-refractivity contribution in [2.75, 3.05) is 25.0 Å². The van der Waals surface area contributed by atoms with Crippen LogP contribution in [0.1, 0.15) is 11.5 Å². The molecule has 3 heterocycles. The minimum Gasteiger partial charge on any atom is -0.396 e. The number of anilines is 1. The molecule has 1 aliphatic heterocycles. The van der Waals surface area contributed by atoms with E-state index in [0.717, 1.165) is 11.4 Å². The molecule has 1 aliphatic rings. The maximum atomic E-state index is 12.6. The van der Waals surface area contributed by atoms with Crippen molar-refractivity contribution in [3.8, 4) is 5.69 Å². The molecule has 0 aliphatic carbocycles. The zero-order valence-corrected chi connectivity index (χ0v) is 14.8. The average molecular weight is 369 g/mol. The normalized spacial score (nSPS) is 19.7. The molecule has 0 saturated carbocycles. The number of aliphatic hydroxyl groups is 1. The molecule has 1 fully saturated rings. The van der Waals surface area contributed by atoms with E-state index in [9.17, 15) is 9.90 Å². The van der Waals surface area contributed by atoms with Crippen LogP contribution < -0.4 is 5.32 Å². The number of aliphatic hydroxyl groups excluding tert-OH is 1. The number of rotatable bonds is 4. The van der Waals surface area contributed by atoms with E-state index in [1.807, 2.05) is 29.6 Å². The molecular weight excluding hydrogens is 350 g/mol. The Kier molecular flexibility index (Phi) is 4.68. The van der Waals surface area contributed by atoms with Gasteiger partial charge in [0.15, 0.2) is 0 Å². The van der Waals surface area contributed by atoms with Gasteiger partial charge in [-0.2, -0.15) is 11.3 Å². The molecule has 0 radical (unpaired) electrons. The van der Waals surface area contributed by atoms with Gasteiger partial charge in [0.05, 0.1) is 18.1 Å². The van der Waals surface area contributed by atoms with E-state index in [-0.39, 0.29) is 24.5 Å². The predicted molar refractivity (Wildman–Crippen MR) is 99.6 cm³/mol. The molecule has 0 unspecified atom stereocenters. The summed E-state index contributed by atoms with van der Waals surface area (Å²) in [5.74, 6) is 0.261. The Morgan fingerprint density at radius 2 is 2.12 bits per heavy atom. The van der Waals surface area contributed by atoms with E-state index in [1.54, 1.807) is 33.3 Å². The number of thiophene rings is 1. The van der Waals surface area contributed by atoms with Crippen LogP contribution in [0.5, 0.6) is 0 Å². The minimum absolute atomic E-state index is 0.0741. The molecule has 1 saturated heterocycles. The molecule has 2 aromatic heterocycles. The van der Waals surface area contributed by atoms with E-state index in [2.05, 4.69) is 27.1 Å². The van der Waals surface area contributed by atoms with Crippen LogP contribution in [0.25, 0.3) is 5.69 Å². The average Bonchev–Trinajstić information content (AvgIpc) is 3.42. The van der Waals surface area contributed by atoms with E-state index < -0.39 is 0 Å². The van der Waals surface area contributed by atoms with Crippen LogP contribution in [0.3, 0.4) is 0 Å². The summed E-state index contributed by atoms with van der Waals surface area (Å²) in [5.41, 5.74) is 2.79. The van der Waals surface area contributed by atoms with Crippen molar-refractivity contribution in [2.24, 2.45) is 5.92 Å².